The Morgan fingerprint density at radius 2 is 1.78 bits per heavy atom. The Labute approximate surface area is 162 Å². The van der Waals surface area contributed by atoms with Gasteiger partial charge in [0.25, 0.3) is 5.91 Å². The van der Waals surface area contributed by atoms with Crippen molar-refractivity contribution in [1.82, 2.24) is 0 Å². The highest BCUT2D eigenvalue weighted by molar-refractivity contribution is 6.31. The van der Waals surface area contributed by atoms with E-state index >= 15 is 0 Å². The van der Waals surface area contributed by atoms with Crippen molar-refractivity contribution >= 4 is 29.1 Å². The van der Waals surface area contributed by atoms with Gasteiger partial charge in [-0.15, -0.1) is 0 Å². The van der Waals surface area contributed by atoms with E-state index in [1.807, 2.05) is 18.2 Å². The van der Waals surface area contributed by atoms with Crippen LogP contribution in [0.5, 0.6) is 5.75 Å². The van der Waals surface area contributed by atoms with Gasteiger partial charge in [-0.05, 0) is 48.7 Å². The van der Waals surface area contributed by atoms with Crippen LogP contribution in [-0.2, 0) is 19.7 Å². The molecule has 1 heterocycles. The number of anilines is 1. The Kier molecular flexibility index (Phi) is 5.98. The van der Waals surface area contributed by atoms with Crippen LogP contribution in [0.15, 0.2) is 48.5 Å². The van der Waals surface area contributed by atoms with Gasteiger partial charge in [-0.1, -0.05) is 29.8 Å². The molecule has 0 unspecified atom stereocenters. The molecule has 2 amide bonds. The van der Waals surface area contributed by atoms with Crippen LogP contribution in [0.4, 0.5) is 5.69 Å². The summed E-state index contributed by atoms with van der Waals surface area (Å²) in [5.74, 6) is -0.169. The molecule has 3 N–H and O–H groups in total. The van der Waals surface area contributed by atoms with Crippen LogP contribution in [-0.4, -0.2) is 31.6 Å². The van der Waals surface area contributed by atoms with Gasteiger partial charge in [-0.3, -0.25) is 9.59 Å². The standard InChI is InChI=1S/C20H21ClN2O4/c21-17-4-2-1-3-16(17)20(9-11-26-12-10-20)19(25)23-14-5-7-15(8-6-14)27-13-18(22)24/h1-8H,9-13H2,(H2,22,24)(H,23,25). The number of rotatable bonds is 6. The lowest BCUT2D eigenvalue weighted by Crippen LogP contribution is -2.45. The Bertz CT molecular complexity index is 817. The molecule has 2 aromatic carbocycles. The summed E-state index contributed by atoms with van der Waals surface area (Å²) in [7, 11) is 0. The molecule has 2 aromatic rings. The van der Waals surface area contributed by atoms with Gasteiger partial charge in [0.1, 0.15) is 5.75 Å². The predicted molar refractivity (Wildman–Crippen MR) is 103 cm³/mol. The van der Waals surface area contributed by atoms with Gasteiger partial charge in [0.2, 0.25) is 5.91 Å². The molecular formula is C20H21ClN2O4. The first kappa shape index (κ1) is 19.2. The molecule has 0 aromatic heterocycles. The molecule has 0 saturated carbocycles. The first-order chi connectivity index (χ1) is 13.0. The molecule has 142 valence electrons. The summed E-state index contributed by atoms with van der Waals surface area (Å²) in [5, 5.41) is 3.54. The van der Waals surface area contributed by atoms with E-state index < -0.39 is 11.3 Å². The second kappa shape index (κ2) is 8.41. The third-order valence-electron chi connectivity index (χ3n) is 4.66. The maximum Gasteiger partial charge on any atom is 0.255 e. The summed E-state index contributed by atoms with van der Waals surface area (Å²) >= 11 is 6.40. The van der Waals surface area contributed by atoms with Crippen LogP contribution in [0.2, 0.25) is 5.02 Å². The maximum atomic E-state index is 13.2. The van der Waals surface area contributed by atoms with Gasteiger partial charge < -0.3 is 20.5 Å². The van der Waals surface area contributed by atoms with Crippen LogP contribution in [0.25, 0.3) is 0 Å². The zero-order valence-corrected chi connectivity index (χ0v) is 15.5. The number of hydrogen-bond acceptors (Lipinski definition) is 4. The molecular weight excluding hydrogens is 368 g/mol. The Morgan fingerprint density at radius 3 is 2.41 bits per heavy atom. The number of amides is 2. The second-order valence-electron chi connectivity index (χ2n) is 6.41. The SMILES string of the molecule is NC(=O)COc1ccc(NC(=O)C2(c3ccccc3Cl)CCOCC2)cc1. The highest BCUT2D eigenvalue weighted by Gasteiger charge is 2.43. The second-order valence-corrected chi connectivity index (χ2v) is 6.82. The largest absolute Gasteiger partial charge is 0.484 e. The first-order valence-corrected chi connectivity index (χ1v) is 9.04. The molecule has 7 heteroatoms. The van der Waals surface area contributed by atoms with Gasteiger partial charge in [0, 0.05) is 23.9 Å². The minimum Gasteiger partial charge on any atom is -0.484 e. The van der Waals surface area contributed by atoms with E-state index in [0.29, 0.717) is 42.5 Å². The van der Waals surface area contributed by atoms with Crippen molar-refractivity contribution in [3.8, 4) is 5.75 Å². The summed E-state index contributed by atoms with van der Waals surface area (Å²) in [5.41, 5.74) is 5.76. The third-order valence-corrected chi connectivity index (χ3v) is 4.99. The van der Waals surface area contributed by atoms with Crippen LogP contribution >= 0.6 is 11.6 Å². The molecule has 1 saturated heterocycles. The zero-order chi connectivity index (χ0) is 19.3. The van der Waals surface area contributed by atoms with Crippen LogP contribution in [0, 0.1) is 0 Å². The van der Waals surface area contributed by atoms with E-state index in [9.17, 15) is 9.59 Å². The van der Waals surface area contributed by atoms with Gasteiger partial charge in [0.15, 0.2) is 6.61 Å². The van der Waals surface area contributed by atoms with Crippen molar-refractivity contribution in [2.75, 3.05) is 25.1 Å². The number of benzene rings is 2. The van der Waals surface area contributed by atoms with Gasteiger partial charge in [-0.2, -0.15) is 0 Å². The van der Waals surface area contributed by atoms with E-state index in [0.717, 1.165) is 5.56 Å². The average molecular weight is 389 g/mol. The summed E-state index contributed by atoms with van der Waals surface area (Å²) in [4.78, 5) is 24.0. The van der Waals surface area contributed by atoms with Crippen molar-refractivity contribution in [2.24, 2.45) is 5.73 Å². The third kappa shape index (κ3) is 4.40. The minimum atomic E-state index is -0.738. The summed E-state index contributed by atoms with van der Waals surface area (Å²) < 4.78 is 10.7. The number of ether oxygens (including phenoxy) is 2. The lowest BCUT2D eigenvalue weighted by Gasteiger charge is -2.36. The molecule has 1 aliphatic heterocycles. The molecule has 0 radical (unpaired) electrons. The van der Waals surface area contributed by atoms with Gasteiger partial charge in [0.05, 0.1) is 5.41 Å². The average Bonchev–Trinajstić information content (AvgIpc) is 2.68. The molecule has 0 atom stereocenters. The molecule has 6 nitrogen and oxygen atoms in total. The summed E-state index contributed by atoms with van der Waals surface area (Å²) in [6.07, 6.45) is 1.12. The van der Waals surface area contributed by atoms with E-state index in [1.165, 1.54) is 0 Å². The van der Waals surface area contributed by atoms with Gasteiger partial charge >= 0.3 is 0 Å². The lowest BCUT2D eigenvalue weighted by molar-refractivity contribution is -0.125. The maximum absolute atomic E-state index is 13.2. The molecule has 0 aliphatic carbocycles. The van der Waals surface area contributed by atoms with E-state index in [2.05, 4.69) is 5.32 Å². The topological polar surface area (TPSA) is 90.7 Å². The molecule has 3 rings (SSSR count). The van der Waals surface area contributed by atoms with Crippen molar-refractivity contribution in [3.05, 3.63) is 59.1 Å². The Hall–Kier alpha value is -2.57. The number of carbonyl (C=O) groups is 2. The number of nitrogens with two attached hydrogens (primary N) is 1. The Balaban J connectivity index is 1.79. The fourth-order valence-corrected chi connectivity index (χ4v) is 3.54. The molecule has 0 bridgehead atoms. The predicted octanol–water partition coefficient (Wildman–Crippen LogP) is 2.89. The van der Waals surface area contributed by atoms with Crippen molar-refractivity contribution in [1.29, 1.82) is 0 Å². The van der Waals surface area contributed by atoms with E-state index in [4.69, 9.17) is 26.8 Å². The monoisotopic (exact) mass is 388 g/mol. The number of carbonyl (C=O) groups excluding carboxylic acids is 2. The zero-order valence-electron chi connectivity index (χ0n) is 14.7. The smallest absolute Gasteiger partial charge is 0.255 e. The lowest BCUT2D eigenvalue weighted by atomic mass is 9.73. The molecule has 1 fully saturated rings. The summed E-state index contributed by atoms with van der Waals surface area (Å²) in [6.45, 7) is 0.804. The first-order valence-electron chi connectivity index (χ1n) is 8.67. The fraction of sp³-hybridized carbons (Fsp3) is 0.300. The highest BCUT2D eigenvalue weighted by Crippen LogP contribution is 2.39. The van der Waals surface area contributed by atoms with E-state index in [-0.39, 0.29) is 12.5 Å². The Morgan fingerprint density at radius 1 is 1.11 bits per heavy atom. The van der Waals surface area contributed by atoms with Crippen LogP contribution in [0.3, 0.4) is 0 Å². The fourth-order valence-electron chi connectivity index (χ4n) is 3.23. The van der Waals surface area contributed by atoms with Crippen LogP contribution in [0.1, 0.15) is 18.4 Å². The number of hydrogen-bond donors (Lipinski definition) is 2. The van der Waals surface area contributed by atoms with Gasteiger partial charge in [-0.25, -0.2) is 0 Å². The quantitative estimate of drug-likeness (QED) is 0.796. The number of halogens is 1. The minimum absolute atomic E-state index is 0.121. The normalized spacial score (nSPS) is 15.7. The van der Waals surface area contributed by atoms with Crippen molar-refractivity contribution in [2.45, 2.75) is 18.3 Å². The number of primary amides is 1. The molecule has 0 spiro atoms. The number of nitrogens with one attached hydrogen (secondary N) is 1. The highest BCUT2D eigenvalue weighted by atomic mass is 35.5. The van der Waals surface area contributed by atoms with Crippen LogP contribution < -0.4 is 15.8 Å². The van der Waals surface area contributed by atoms with Crippen molar-refractivity contribution in [3.63, 3.8) is 0 Å². The van der Waals surface area contributed by atoms with Crippen molar-refractivity contribution < 1.29 is 19.1 Å². The molecule has 1 aliphatic rings. The summed E-state index contributed by atoms with van der Waals surface area (Å²) in [6, 6.07) is 14.2. The molecule has 27 heavy (non-hydrogen) atoms. The van der Waals surface area contributed by atoms with E-state index in [1.54, 1.807) is 30.3 Å².